The summed E-state index contributed by atoms with van der Waals surface area (Å²) >= 11 is 0. The SMILES string of the molecule is CC1(N2C=CCc3ccccc32)CC(O)CCO1. The molecule has 1 aromatic rings. The van der Waals surface area contributed by atoms with Crippen LogP contribution in [0.5, 0.6) is 0 Å². The highest BCUT2D eigenvalue weighted by Crippen LogP contribution is 2.37. The highest BCUT2D eigenvalue weighted by Gasteiger charge is 2.38. The second kappa shape index (κ2) is 4.41. The quantitative estimate of drug-likeness (QED) is 0.825. The van der Waals surface area contributed by atoms with Crippen molar-refractivity contribution < 1.29 is 9.84 Å². The molecule has 0 bridgehead atoms. The van der Waals surface area contributed by atoms with Crippen LogP contribution in [0.15, 0.2) is 36.5 Å². The Hall–Kier alpha value is -1.32. The van der Waals surface area contributed by atoms with Gasteiger partial charge in [-0.05, 0) is 31.4 Å². The van der Waals surface area contributed by atoms with Crippen LogP contribution in [0, 0.1) is 0 Å². The lowest BCUT2D eigenvalue weighted by Crippen LogP contribution is -2.52. The Bertz CT molecular complexity index is 471. The molecular weight excluding hydrogens is 226 g/mol. The van der Waals surface area contributed by atoms with Crippen LogP contribution < -0.4 is 4.90 Å². The molecule has 0 aromatic heterocycles. The minimum Gasteiger partial charge on any atom is -0.393 e. The van der Waals surface area contributed by atoms with Gasteiger partial charge in [-0.2, -0.15) is 0 Å². The summed E-state index contributed by atoms with van der Waals surface area (Å²) in [4.78, 5) is 2.16. The minimum absolute atomic E-state index is 0.272. The third kappa shape index (κ3) is 1.93. The number of hydrogen-bond acceptors (Lipinski definition) is 3. The van der Waals surface area contributed by atoms with Gasteiger partial charge in [0.15, 0.2) is 0 Å². The number of hydrogen-bond donors (Lipinski definition) is 1. The van der Waals surface area contributed by atoms with Crippen molar-refractivity contribution in [3.63, 3.8) is 0 Å². The molecule has 3 nitrogen and oxygen atoms in total. The molecule has 3 rings (SSSR count). The van der Waals surface area contributed by atoms with Crippen LogP contribution in [0.4, 0.5) is 5.69 Å². The monoisotopic (exact) mass is 245 g/mol. The zero-order chi connectivity index (χ0) is 12.6. The first-order chi connectivity index (χ1) is 8.69. The van der Waals surface area contributed by atoms with E-state index in [-0.39, 0.29) is 6.10 Å². The van der Waals surface area contributed by atoms with Gasteiger partial charge in [0.1, 0.15) is 5.72 Å². The Morgan fingerprint density at radius 1 is 1.39 bits per heavy atom. The van der Waals surface area contributed by atoms with Crippen molar-refractivity contribution in [2.75, 3.05) is 11.5 Å². The van der Waals surface area contributed by atoms with Crippen molar-refractivity contribution in [3.8, 4) is 0 Å². The summed E-state index contributed by atoms with van der Waals surface area (Å²) < 4.78 is 5.95. The maximum Gasteiger partial charge on any atom is 0.144 e. The molecule has 18 heavy (non-hydrogen) atoms. The molecule has 0 spiro atoms. The summed E-state index contributed by atoms with van der Waals surface area (Å²) in [7, 11) is 0. The van der Waals surface area contributed by atoms with Gasteiger partial charge in [0, 0.05) is 18.3 Å². The number of benzene rings is 1. The molecule has 2 aliphatic heterocycles. The van der Waals surface area contributed by atoms with Crippen LogP contribution in [0.3, 0.4) is 0 Å². The summed E-state index contributed by atoms with van der Waals surface area (Å²) in [6, 6.07) is 8.38. The first-order valence-electron chi connectivity index (χ1n) is 6.55. The molecule has 1 fully saturated rings. The lowest BCUT2D eigenvalue weighted by Gasteiger charge is -2.46. The summed E-state index contributed by atoms with van der Waals surface area (Å²) in [6.07, 6.45) is 6.30. The van der Waals surface area contributed by atoms with Gasteiger partial charge in [-0.15, -0.1) is 0 Å². The van der Waals surface area contributed by atoms with Gasteiger partial charge in [0.25, 0.3) is 0 Å². The van der Waals surface area contributed by atoms with E-state index in [4.69, 9.17) is 4.74 Å². The molecule has 0 aliphatic carbocycles. The van der Waals surface area contributed by atoms with Gasteiger partial charge < -0.3 is 14.7 Å². The fourth-order valence-corrected chi connectivity index (χ4v) is 2.88. The van der Waals surface area contributed by atoms with E-state index in [1.54, 1.807) is 0 Å². The first kappa shape index (κ1) is 11.8. The van der Waals surface area contributed by atoms with Crippen molar-refractivity contribution in [3.05, 3.63) is 42.1 Å². The largest absolute Gasteiger partial charge is 0.393 e. The van der Waals surface area contributed by atoms with Crippen LogP contribution >= 0.6 is 0 Å². The maximum atomic E-state index is 9.89. The van der Waals surface area contributed by atoms with Crippen molar-refractivity contribution >= 4 is 5.69 Å². The Kier molecular flexibility index (Phi) is 2.88. The second-order valence-electron chi connectivity index (χ2n) is 5.26. The molecule has 0 saturated carbocycles. The third-order valence-corrected chi connectivity index (χ3v) is 3.83. The maximum absolute atomic E-state index is 9.89. The fourth-order valence-electron chi connectivity index (χ4n) is 2.88. The normalized spacial score (nSPS) is 31.2. The van der Waals surface area contributed by atoms with Gasteiger partial charge in [0.2, 0.25) is 0 Å². The van der Waals surface area contributed by atoms with Crippen molar-refractivity contribution in [1.82, 2.24) is 0 Å². The Morgan fingerprint density at radius 2 is 2.22 bits per heavy atom. The van der Waals surface area contributed by atoms with E-state index in [1.807, 2.05) is 6.07 Å². The number of rotatable bonds is 1. The van der Waals surface area contributed by atoms with Gasteiger partial charge >= 0.3 is 0 Å². The number of allylic oxidation sites excluding steroid dienone is 1. The topological polar surface area (TPSA) is 32.7 Å². The van der Waals surface area contributed by atoms with E-state index in [2.05, 4.69) is 42.3 Å². The smallest absolute Gasteiger partial charge is 0.144 e. The van der Waals surface area contributed by atoms with Gasteiger partial charge in [0.05, 0.1) is 12.7 Å². The molecule has 96 valence electrons. The van der Waals surface area contributed by atoms with Crippen LogP contribution in [-0.4, -0.2) is 23.5 Å². The van der Waals surface area contributed by atoms with Crippen LogP contribution in [0.2, 0.25) is 0 Å². The van der Waals surface area contributed by atoms with E-state index in [0.29, 0.717) is 13.0 Å². The summed E-state index contributed by atoms with van der Waals surface area (Å²) in [5.41, 5.74) is 2.06. The number of nitrogens with zero attached hydrogens (tertiary/aromatic N) is 1. The molecule has 1 aromatic carbocycles. The van der Waals surface area contributed by atoms with Crippen molar-refractivity contribution in [1.29, 1.82) is 0 Å². The molecule has 0 amide bonds. The zero-order valence-electron chi connectivity index (χ0n) is 10.7. The van der Waals surface area contributed by atoms with E-state index in [1.165, 1.54) is 11.3 Å². The average molecular weight is 245 g/mol. The highest BCUT2D eigenvalue weighted by atomic mass is 16.5. The third-order valence-electron chi connectivity index (χ3n) is 3.83. The summed E-state index contributed by atoms with van der Waals surface area (Å²) in [5.74, 6) is 0. The molecule has 2 heterocycles. The predicted octanol–water partition coefficient (Wildman–Crippen LogP) is 2.45. The van der Waals surface area contributed by atoms with E-state index in [0.717, 1.165) is 12.8 Å². The lowest BCUT2D eigenvalue weighted by molar-refractivity contribution is -0.103. The second-order valence-corrected chi connectivity index (χ2v) is 5.26. The van der Waals surface area contributed by atoms with Crippen LogP contribution in [0.1, 0.15) is 25.3 Å². The molecular formula is C15H19NO2. The van der Waals surface area contributed by atoms with E-state index >= 15 is 0 Å². The standard InChI is InChI=1S/C15H19NO2/c1-15(11-13(17)8-10-18-15)16-9-4-6-12-5-2-3-7-14(12)16/h2-5,7,9,13,17H,6,8,10-11H2,1H3. The molecule has 2 atom stereocenters. The average Bonchev–Trinajstić information content (AvgIpc) is 2.38. The minimum atomic E-state index is -0.440. The number of fused-ring (bicyclic) bond motifs is 1. The van der Waals surface area contributed by atoms with Gasteiger partial charge in [-0.3, -0.25) is 0 Å². The number of aliphatic hydroxyl groups is 1. The number of anilines is 1. The van der Waals surface area contributed by atoms with Crippen molar-refractivity contribution in [2.24, 2.45) is 0 Å². The Morgan fingerprint density at radius 3 is 3.06 bits per heavy atom. The van der Waals surface area contributed by atoms with Gasteiger partial charge in [-0.25, -0.2) is 0 Å². The Balaban J connectivity index is 1.96. The Labute approximate surface area is 108 Å². The molecule has 1 N–H and O–H groups in total. The summed E-state index contributed by atoms with van der Waals surface area (Å²) in [5, 5.41) is 9.89. The molecule has 2 aliphatic rings. The number of ether oxygens (including phenoxy) is 1. The molecule has 0 radical (unpaired) electrons. The number of aliphatic hydroxyl groups excluding tert-OH is 1. The van der Waals surface area contributed by atoms with E-state index in [9.17, 15) is 5.11 Å². The van der Waals surface area contributed by atoms with Gasteiger partial charge in [-0.1, -0.05) is 24.3 Å². The predicted molar refractivity (Wildman–Crippen MR) is 71.4 cm³/mol. The zero-order valence-corrected chi connectivity index (χ0v) is 10.7. The molecule has 2 unspecified atom stereocenters. The lowest BCUT2D eigenvalue weighted by atomic mass is 9.96. The van der Waals surface area contributed by atoms with Crippen molar-refractivity contribution in [2.45, 2.75) is 38.0 Å². The van der Waals surface area contributed by atoms with Crippen LogP contribution in [0.25, 0.3) is 0 Å². The first-order valence-corrected chi connectivity index (χ1v) is 6.55. The molecule has 1 saturated heterocycles. The van der Waals surface area contributed by atoms with E-state index < -0.39 is 5.72 Å². The van der Waals surface area contributed by atoms with Crippen LogP contribution in [-0.2, 0) is 11.2 Å². The molecule has 3 heteroatoms. The highest BCUT2D eigenvalue weighted by molar-refractivity contribution is 5.60. The fraction of sp³-hybridized carbons (Fsp3) is 0.467. The number of para-hydroxylation sites is 1. The summed E-state index contributed by atoms with van der Waals surface area (Å²) in [6.45, 7) is 2.67.